The average Bonchev–Trinajstić information content (AvgIpc) is 2.36. The molecular weight excluding hydrogens is 279 g/mol. The molecule has 0 spiro atoms. The molecule has 0 aromatic heterocycles. The number of hydrogen-bond donors (Lipinski definition) is 1. The summed E-state index contributed by atoms with van der Waals surface area (Å²) >= 11 is 0. The van der Waals surface area contributed by atoms with Crippen LogP contribution in [0.5, 0.6) is 0 Å². The molecule has 0 bridgehead atoms. The standard InChI is InChI=1S/C16H30F3NO/c1-14(2,3)13-5-8-15(11-20,9-6-13)7-4-10-21-12-16(17,18)19/h13H,4-12,20H2,1-3H3. The first-order chi connectivity index (χ1) is 9.58. The average molecular weight is 309 g/mol. The van der Waals surface area contributed by atoms with Crippen LogP contribution >= 0.6 is 0 Å². The third-order valence-electron chi connectivity index (χ3n) is 4.97. The Morgan fingerprint density at radius 3 is 2.14 bits per heavy atom. The van der Waals surface area contributed by atoms with Crippen molar-refractivity contribution in [3.05, 3.63) is 0 Å². The molecule has 1 rings (SSSR count). The van der Waals surface area contributed by atoms with Crippen molar-refractivity contribution < 1.29 is 17.9 Å². The zero-order valence-corrected chi connectivity index (χ0v) is 13.6. The van der Waals surface area contributed by atoms with Gasteiger partial charge in [-0.05, 0) is 61.8 Å². The molecule has 1 fully saturated rings. The highest BCUT2D eigenvalue weighted by molar-refractivity contribution is 4.89. The molecule has 1 saturated carbocycles. The monoisotopic (exact) mass is 309 g/mol. The molecule has 2 nitrogen and oxygen atoms in total. The zero-order valence-electron chi connectivity index (χ0n) is 13.6. The molecule has 0 aliphatic heterocycles. The number of halogens is 3. The summed E-state index contributed by atoms with van der Waals surface area (Å²) < 4.78 is 40.7. The summed E-state index contributed by atoms with van der Waals surface area (Å²) in [5.41, 5.74) is 6.40. The second-order valence-electron chi connectivity index (χ2n) is 7.62. The molecule has 0 aromatic carbocycles. The van der Waals surface area contributed by atoms with E-state index in [9.17, 15) is 13.2 Å². The molecule has 0 aromatic rings. The van der Waals surface area contributed by atoms with E-state index in [1.54, 1.807) is 0 Å². The van der Waals surface area contributed by atoms with E-state index in [-0.39, 0.29) is 12.0 Å². The normalized spacial score (nSPS) is 27.9. The van der Waals surface area contributed by atoms with Crippen LogP contribution in [0.4, 0.5) is 13.2 Å². The van der Waals surface area contributed by atoms with Crippen LogP contribution in [0.3, 0.4) is 0 Å². The van der Waals surface area contributed by atoms with Gasteiger partial charge in [-0.1, -0.05) is 20.8 Å². The Kier molecular flexibility index (Phi) is 6.54. The van der Waals surface area contributed by atoms with Crippen LogP contribution in [0.25, 0.3) is 0 Å². The molecule has 1 aliphatic carbocycles. The molecular formula is C16H30F3NO. The topological polar surface area (TPSA) is 35.2 Å². The molecule has 0 atom stereocenters. The molecule has 1 aliphatic rings. The maximum absolute atomic E-state index is 12.0. The molecule has 5 heteroatoms. The Morgan fingerprint density at radius 2 is 1.71 bits per heavy atom. The molecule has 0 saturated heterocycles. The maximum Gasteiger partial charge on any atom is 0.411 e. The quantitative estimate of drug-likeness (QED) is 0.732. The van der Waals surface area contributed by atoms with Crippen LogP contribution in [0.2, 0.25) is 0 Å². The van der Waals surface area contributed by atoms with Crippen molar-refractivity contribution in [2.45, 2.75) is 65.5 Å². The predicted octanol–water partition coefficient (Wildman–Crippen LogP) is 4.53. The van der Waals surface area contributed by atoms with E-state index >= 15 is 0 Å². The van der Waals surface area contributed by atoms with Crippen LogP contribution in [-0.4, -0.2) is 25.9 Å². The lowest BCUT2D eigenvalue weighted by Crippen LogP contribution is -2.38. The fourth-order valence-electron chi connectivity index (χ4n) is 3.39. The van der Waals surface area contributed by atoms with Gasteiger partial charge in [0.2, 0.25) is 0 Å². The smallest absolute Gasteiger partial charge is 0.372 e. The van der Waals surface area contributed by atoms with Gasteiger partial charge in [0.15, 0.2) is 0 Å². The van der Waals surface area contributed by atoms with Crippen LogP contribution in [-0.2, 0) is 4.74 Å². The van der Waals surface area contributed by atoms with Crippen molar-refractivity contribution in [3.8, 4) is 0 Å². The van der Waals surface area contributed by atoms with E-state index in [0.29, 0.717) is 18.4 Å². The van der Waals surface area contributed by atoms with Gasteiger partial charge in [-0.25, -0.2) is 0 Å². The van der Waals surface area contributed by atoms with Gasteiger partial charge in [-0.15, -0.1) is 0 Å². The first-order valence-corrected chi connectivity index (χ1v) is 7.93. The van der Waals surface area contributed by atoms with Gasteiger partial charge < -0.3 is 10.5 Å². The van der Waals surface area contributed by atoms with Gasteiger partial charge in [0, 0.05) is 6.61 Å². The molecule has 2 N–H and O–H groups in total. The highest BCUT2D eigenvalue weighted by Crippen LogP contribution is 2.46. The Balaban J connectivity index is 2.32. The number of alkyl halides is 3. The minimum Gasteiger partial charge on any atom is -0.372 e. The SMILES string of the molecule is CC(C)(C)C1CCC(CN)(CCCOCC(F)(F)F)CC1. The van der Waals surface area contributed by atoms with E-state index in [2.05, 4.69) is 25.5 Å². The van der Waals surface area contributed by atoms with E-state index < -0.39 is 12.8 Å². The van der Waals surface area contributed by atoms with Crippen LogP contribution in [0, 0.1) is 16.7 Å². The van der Waals surface area contributed by atoms with E-state index in [1.165, 1.54) is 12.8 Å². The molecule has 0 radical (unpaired) electrons. The Bertz CT molecular complexity index is 302. The lowest BCUT2D eigenvalue weighted by Gasteiger charge is -2.44. The molecule has 0 amide bonds. The summed E-state index contributed by atoms with van der Waals surface area (Å²) in [6, 6.07) is 0. The summed E-state index contributed by atoms with van der Waals surface area (Å²) in [5.74, 6) is 0.721. The summed E-state index contributed by atoms with van der Waals surface area (Å²) in [6.07, 6.45) is 1.83. The second kappa shape index (κ2) is 7.32. The molecule has 21 heavy (non-hydrogen) atoms. The van der Waals surface area contributed by atoms with Crippen LogP contribution in [0.15, 0.2) is 0 Å². The van der Waals surface area contributed by atoms with Crippen molar-refractivity contribution in [2.24, 2.45) is 22.5 Å². The van der Waals surface area contributed by atoms with Gasteiger partial charge >= 0.3 is 6.18 Å². The number of nitrogens with two attached hydrogens (primary N) is 1. The van der Waals surface area contributed by atoms with Gasteiger partial charge in [-0.2, -0.15) is 13.2 Å². The minimum absolute atomic E-state index is 0.114. The number of ether oxygens (including phenoxy) is 1. The Morgan fingerprint density at radius 1 is 1.14 bits per heavy atom. The maximum atomic E-state index is 12.0. The fourth-order valence-corrected chi connectivity index (χ4v) is 3.39. The van der Waals surface area contributed by atoms with E-state index in [0.717, 1.165) is 25.2 Å². The lowest BCUT2D eigenvalue weighted by atomic mass is 9.63. The van der Waals surface area contributed by atoms with E-state index in [4.69, 9.17) is 5.73 Å². The molecule has 126 valence electrons. The van der Waals surface area contributed by atoms with Gasteiger partial charge in [0.25, 0.3) is 0 Å². The van der Waals surface area contributed by atoms with Crippen molar-refractivity contribution in [1.82, 2.24) is 0 Å². The predicted molar refractivity (Wildman–Crippen MR) is 79.0 cm³/mol. The third-order valence-corrected chi connectivity index (χ3v) is 4.97. The Hall–Kier alpha value is -0.290. The van der Waals surface area contributed by atoms with Crippen LogP contribution in [0.1, 0.15) is 59.3 Å². The van der Waals surface area contributed by atoms with Crippen molar-refractivity contribution in [1.29, 1.82) is 0 Å². The highest BCUT2D eigenvalue weighted by Gasteiger charge is 2.37. The van der Waals surface area contributed by atoms with E-state index in [1.807, 2.05) is 0 Å². The Labute approximate surface area is 126 Å². The zero-order chi connectivity index (χ0) is 16.1. The second-order valence-corrected chi connectivity index (χ2v) is 7.62. The van der Waals surface area contributed by atoms with Crippen molar-refractivity contribution in [3.63, 3.8) is 0 Å². The number of rotatable bonds is 6. The largest absolute Gasteiger partial charge is 0.411 e. The summed E-state index contributed by atoms with van der Waals surface area (Å²) in [5, 5.41) is 0. The fraction of sp³-hybridized carbons (Fsp3) is 1.00. The van der Waals surface area contributed by atoms with Gasteiger partial charge in [0.05, 0.1) is 0 Å². The molecule has 0 heterocycles. The van der Waals surface area contributed by atoms with Crippen molar-refractivity contribution in [2.75, 3.05) is 19.8 Å². The summed E-state index contributed by atoms with van der Waals surface area (Å²) in [4.78, 5) is 0. The van der Waals surface area contributed by atoms with Gasteiger partial charge in [0.1, 0.15) is 6.61 Å². The van der Waals surface area contributed by atoms with Gasteiger partial charge in [-0.3, -0.25) is 0 Å². The third kappa shape index (κ3) is 6.55. The summed E-state index contributed by atoms with van der Waals surface area (Å²) in [7, 11) is 0. The van der Waals surface area contributed by atoms with Crippen molar-refractivity contribution >= 4 is 0 Å². The van der Waals surface area contributed by atoms with Crippen LogP contribution < -0.4 is 5.73 Å². The lowest BCUT2D eigenvalue weighted by molar-refractivity contribution is -0.174. The molecule has 0 unspecified atom stereocenters. The first-order valence-electron chi connectivity index (χ1n) is 7.93. The minimum atomic E-state index is -4.23. The highest BCUT2D eigenvalue weighted by atomic mass is 19.4. The number of hydrogen-bond acceptors (Lipinski definition) is 2. The first kappa shape index (κ1) is 18.8. The summed E-state index contributed by atoms with van der Waals surface area (Å²) in [6.45, 7) is 6.48.